The van der Waals surface area contributed by atoms with E-state index in [0.29, 0.717) is 31.0 Å². The summed E-state index contributed by atoms with van der Waals surface area (Å²) in [6.07, 6.45) is 6.58. The highest BCUT2D eigenvalue weighted by molar-refractivity contribution is 5.80. The van der Waals surface area contributed by atoms with Crippen molar-refractivity contribution in [3.05, 3.63) is 118 Å². The molecule has 0 spiro atoms. The summed E-state index contributed by atoms with van der Waals surface area (Å²) < 4.78 is 7.73. The van der Waals surface area contributed by atoms with Crippen molar-refractivity contribution in [1.29, 1.82) is 0 Å². The molecule has 0 aliphatic carbocycles. The van der Waals surface area contributed by atoms with Crippen molar-refractivity contribution in [3.8, 4) is 0 Å². The molecule has 40 heavy (non-hydrogen) atoms. The van der Waals surface area contributed by atoms with E-state index in [9.17, 15) is 4.79 Å². The van der Waals surface area contributed by atoms with E-state index in [2.05, 4.69) is 67.6 Å². The molecule has 1 fully saturated rings. The second-order valence-electron chi connectivity index (χ2n) is 10.3. The Kier molecular flexibility index (Phi) is 7.74. The van der Waals surface area contributed by atoms with Gasteiger partial charge in [0, 0.05) is 43.2 Å². The summed E-state index contributed by atoms with van der Waals surface area (Å²) >= 11 is 0. The van der Waals surface area contributed by atoms with E-state index in [1.54, 1.807) is 6.20 Å². The molecule has 1 aliphatic rings. The predicted octanol–water partition coefficient (Wildman–Crippen LogP) is 4.44. The number of H-pyrrole nitrogens is 1. The highest BCUT2D eigenvalue weighted by atomic mass is 16.5. The number of fused-ring (bicyclic) bond motifs is 1. The monoisotopic (exact) mass is 535 g/mol. The molecule has 4 heterocycles. The number of nitrogens with one attached hydrogen (secondary N) is 1. The molecular weight excluding hydrogens is 502 g/mol. The number of tetrazole rings is 1. The first-order chi connectivity index (χ1) is 19.7. The van der Waals surface area contributed by atoms with Crippen LogP contribution in [0, 0.1) is 0 Å². The minimum Gasteiger partial charge on any atom is -0.376 e. The minimum atomic E-state index is -0.518. The fourth-order valence-corrected chi connectivity index (χ4v) is 5.50. The first kappa shape index (κ1) is 26.0. The molecule has 0 bridgehead atoms. The van der Waals surface area contributed by atoms with Gasteiger partial charge < -0.3 is 9.72 Å². The Morgan fingerprint density at radius 1 is 1.05 bits per heavy atom. The summed E-state index contributed by atoms with van der Waals surface area (Å²) in [5.74, 6) is 0.617. The van der Waals surface area contributed by atoms with Crippen LogP contribution in [0.25, 0.3) is 10.9 Å². The maximum absolute atomic E-state index is 13.8. The number of benzene rings is 2. The molecule has 0 radical (unpaired) electrons. The number of ether oxygens (including phenoxy) is 1. The van der Waals surface area contributed by atoms with Crippen LogP contribution in [0.1, 0.15) is 53.9 Å². The van der Waals surface area contributed by atoms with E-state index in [4.69, 9.17) is 4.74 Å². The topological polar surface area (TPSA) is 102 Å². The molecule has 6 rings (SSSR count). The lowest BCUT2D eigenvalue weighted by Crippen LogP contribution is -2.35. The second kappa shape index (κ2) is 11.9. The Morgan fingerprint density at radius 2 is 1.90 bits per heavy atom. The largest absolute Gasteiger partial charge is 0.376 e. The SMILES string of the molecule is CCc1ccc2[nH]c(=O)c([C@H](c3nnnn3C[C@H]3CCCO3)N(Cc3ccccc3)Cc3cccnc3)cc2c1. The van der Waals surface area contributed by atoms with Crippen LogP contribution in [0.15, 0.2) is 83.9 Å². The molecule has 204 valence electrons. The molecular formula is C31H33N7O2. The van der Waals surface area contributed by atoms with Crippen LogP contribution < -0.4 is 5.56 Å². The normalized spacial score (nSPS) is 16.1. The smallest absolute Gasteiger partial charge is 0.253 e. The molecule has 9 heteroatoms. The quantitative estimate of drug-likeness (QED) is 0.282. The van der Waals surface area contributed by atoms with Gasteiger partial charge in [-0.3, -0.25) is 14.7 Å². The van der Waals surface area contributed by atoms with Crippen molar-refractivity contribution in [1.82, 2.24) is 35.1 Å². The lowest BCUT2D eigenvalue weighted by atomic mass is 10.0. The van der Waals surface area contributed by atoms with E-state index >= 15 is 0 Å². The lowest BCUT2D eigenvalue weighted by molar-refractivity contribution is 0.0903. The van der Waals surface area contributed by atoms with Crippen molar-refractivity contribution in [2.75, 3.05) is 6.61 Å². The highest BCUT2D eigenvalue weighted by Crippen LogP contribution is 2.31. The molecule has 9 nitrogen and oxygen atoms in total. The number of rotatable bonds is 10. The molecule has 0 unspecified atom stereocenters. The molecule has 1 N–H and O–H groups in total. The average molecular weight is 536 g/mol. The van der Waals surface area contributed by atoms with Crippen molar-refractivity contribution in [3.63, 3.8) is 0 Å². The summed E-state index contributed by atoms with van der Waals surface area (Å²) in [5.41, 5.74) is 4.63. The zero-order valence-corrected chi connectivity index (χ0v) is 22.6. The molecule has 2 aromatic carbocycles. The Balaban J connectivity index is 1.51. The number of hydrogen-bond acceptors (Lipinski definition) is 7. The Labute approximate surface area is 232 Å². The first-order valence-electron chi connectivity index (χ1n) is 13.9. The number of aromatic amines is 1. The van der Waals surface area contributed by atoms with Gasteiger partial charge in [-0.05, 0) is 76.0 Å². The van der Waals surface area contributed by atoms with Gasteiger partial charge in [-0.1, -0.05) is 49.4 Å². The van der Waals surface area contributed by atoms with Crippen molar-refractivity contribution in [2.24, 2.45) is 0 Å². The molecule has 1 saturated heterocycles. The van der Waals surface area contributed by atoms with E-state index < -0.39 is 6.04 Å². The standard InChI is InChI=1S/C31H33N7O2/c1-2-22-12-13-28-25(16-22)17-27(31(39)33-28)29(30-34-35-36-38(30)21-26-11-7-15-40-26)37(19-23-8-4-3-5-9-23)20-24-10-6-14-32-18-24/h3-6,8-10,12-14,16-18,26,29H,2,7,11,15,19-21H2,1H3,(H,33,39)/t26-,29-/m1/s1. The molecule has 1 aliphatic heterocycles. The van der Waals surface area contributed by atoms with Crippen molar-refractivity contribution < 1.29 is 4.74 Å². The van der Waals surface area contributed by atoms with Gasteiger partial charge in [0.1, 0.15) is 6.04 Å². The van der Waals surface area contributed by atoms with Gasteiger partial charge in [-0.2, -0.15) is 0 Å². The number of hydrogen-bond donors (Lipinski definition) is 1. The summed E-state index contributed by atoms with van der Waals surface area (Å²) in [6.45, 7) is 4.55. The molecule has 0 saturated carbocycles. The third-order valence-corrected chi connectivity index (χ3v) is 7.55. The van der Waals surface area contributed by atoms with Crippen LogP contribution in [0.2, 0.25) is 0 Å². The summed E-state index contributed by atoms with van der Waals surface area (Å²) in [4.78, 5) is 23.5. The van der Waals surface area contributed by atoms with Crippen LogP contribution >= 0.6 is 0 Å². The van der Waals surface area contributed by atoms with Crippen LogP contribution in [-0.2, 0) is 30.8 Å². The third kappa shape index (κ3) is 5.71. The molecule has 5 aromatic rings. The summed E-state index contributed by atoms with van der Waals surface area (Å²) in [7, 11) is 0. The highest BCUT2D eigenvalue weighted by Gasteiger charge is 2.32. The predicted molar refractivity (Wildman–Crippen MR) is 153 cm³/mol. The molecule has 0 amide bonds. The number of pyridine rings is 2. The van der Waals surface area contributed by atoms with Crippen molar-refractivity contribution >= 4 is 10.9 Å². The van der Waals surface area contributed by atoms with E-state index in [-0.39, 0.29) is 11.7 Å². The second-order valence-corrected chi connectivity index (χ2v) is 10.3. The van der Waals surface area contributed by atoms with Gasteiger partial charge >= 0.3 is 0 Å². The Bertz CT molecular complexity index is 1570. The zero-order valence-electron chi connectivity index (χ0n) is 22.6. The lowest BCUT2D eigenvalue weighted by Gasteiger charge is -2.31. The summed E-state index contributed by atoms with van der Waals surface area (Å²) in [6, 6.07) is 21.9. The fourth-order valence-electron chi connectivity index (χ4n) is 5.50. The van der Waals surface area contributed by atoms with Gasteiger partial charge in [0.15, 0.2) is 5.82 Å². The summed E-state index contributed by atoms with van der Waals surface area (Å²) in [5, 5.41) is 14.0. The van der Waals surface area contributed by atoms with Gasteiger partial charge in [0.05, 0.1) is 12.6 Å². The number of aryl methyl sites for hydroxylation is 1. The maximum atomic E-state index is 13.8. The molecule has 3 aromatic heterocycles. The third-order valence-electron chi connectivity index (χ3n) is 7.55. The minimum absolute atomic E-state index is 0.0470. The van der Waals surface area contributed by atoms with Crippen LogP contribution in [0.5, 0.6) is 0 Å². The van der Waals surface area contributed by atoms with Gasteiger partial charge in [0.25, 0.3) is 5.56 Å². The molecule has 2 atom stereocenters. The van der Waals surface area contributed by atoms with E-state index in [1.165, 1.54) is 5.56 Å². The zero-order chi connectivity index (χ0) is 27.3. The van der Waals surface area contributed by atoms with E-state index in [0.717, 1.165) is 47.9 Å². The average Bonchev–Trinajstić information content (AvgIpc) is 3.67. The first-order valence-corrected chi connectivity index (χ1v) is 13.9. The van der Waals surface area contributed by atoms with Crippen molar-refractivity contribution in [2.45, 2.75) is 58.0 Å². The van der Waals surface area contributed by atoms with Gasteiger partial charge in [0.2, 0.25) is 0 Å². The van der Waals surface area contributed by atoms with Crippen LogP contribution in [0.3, 0.4) is 0 Å². The fraction of sp³-hybridized carbons (Fsp3) is 0.323. The van der Waals surface area contributed by atoms with Crippen LogP contribution in [0.4, 0.5) is 0 Å². The van der Waals surface area contributed by atoms with Gasteiger partial charge in [-0.15, -0.1) is 5.10 Å². The Hall–Kier alpha value is -4.21. The number of aromatic nitrogens is 6. The van der Waals surface area contributed by atoms with Gasteiger partial charge in [-0.25, -0.2) is 4.68 Å². The van der Waals surface area contributed by atoms with E-state index in [1.807, 2.05) is 47.3 Å². The number of nitrogens with zero attached hydrogens (tertiary/aromatic N) is 6. The Morgan fingerprint density at radius 3 is 2.67 bits per heavy atom. The maximum Gasteiger partial charge on any atom is 0.253 e. The van der Waals surface area contributed by atoms with Crippen LogP contribution in [-0.4, -0.2) is 47.8 Å².